The van der Waals surface area contributed by atoms with Gasteiger partial charge in [0.05, 0.1) is 5.60 Å². The summed E-state index contributed by atoms with van der Waals surface area (Å²) in [4.78, 5) is 0. The molecule has 0 aromatic heterocycles. The van der Waals surface area contributed by atoms with Crippen molar-refractivity contribution in [2.75, 3.05) is 6.54 Å². The highest BCUT2D eigenvalue weighted by Gasteiger charge is 2.34. The standard InChI is InChI=1S/C17H27NO/c1-4-9-18-16-5-7-17(19,8-6-16)15-11-13(2)10-14(3)12-15/h10-12,16,18-19H,4-9H2,1-3H3. The number of nitrogens with one attached hydrogen (secondary N) is 1. The Labute approximate surface area is 117 Å². The zero-order chi connectivity index (χ0) is 13.9. The molecule has 1 aliphatic rings. The van der Waals surface area contributed by atoms with E-state index in [0.717, 1.165) is 37.8 Å². The number of aryl methyl sites for hydroxylation is 2. The monoisotopic (exact) mass is 261 g/mol. The molecule has 1 fully saturated rings. The molecular formula is C17H27NO. The largest absolute Gasteiger partial charge is 0.385 e. The van der Waals surface area contributed by atoms with Crippen molar-refractivity contribution < 1.29 is 5.11 Å². The Hall–Kier alpha value is -0.860. The molecule has 2 heteroatoms. The van der Waals surface area contributed by atoms with Crippen molar-refractivity contribution in [3.8, 4) is 0 Å². The number of rotatable bonds is 4. The van der Waals surface area contributed by atoms with Gasteiger partial charge in [-0.3, -0.25) is 0 Å². The summed E-state index contributed by atoms with van der Waals surface area (Å²) in [6, 6.07) is 7.05. The van der Waals surface area contributed by atoms with Crippen molar-refractivity contribution >= 4 is 0 Å². The highest BCUT2D eigenvalue weighted by molar-refractivity contribution is 5.32. The maximum absolute atomic E-state index is 10.9. The Kier molecular flexibility index (Phi) is 4.64. The molecule has 1 saturated carbocycles. The van der Waals surface area contributed by atoms with Crippen molar-refractivity contribution in [1.29, 1.82) is 0 Å². The summed E-state index contributed by atoms with van der Waals surface area (Å²) in [5, 5.41) is 14.5. The minimum absolute atomic E-state index is 0.589. The van der Waals surface area contributed by atoms with E-state index in [9.17, 15) is 5.11 Å². The summed E-state index contributed by atoms with van der Waals surface area (Å²) in [5.74, 6) is 0. The Balaban J connectivity index is 2.04. The van der Waals surface area contributed by atoms with Crippen LogP contribution >= 0.6 is 0 Å². The Morgan fingerprint density at radius 2 is 1.74 bits per heavy atom. The maximum atomic E-state index is 10.9. The smallest absolute Gasteiger partial charge is 0.0897 e. The lowest BCUT2D eigenvalue weighted by molar-refractivity contribution is -0.00835. The quantitative estimate of drug-likeness (QED) is 0.870. The molecule has 2 nitrogen and oxygen atoms in total. The highest BCUT2D eigenvalue weighted by atomic mass is 16.3. The molecule has 106 valence electrons. The number of hydrogen-bond donors (Lipinski definition) is 2. The van der Waals surface area contributed by atoms with Crippen LogP contribution < -0.4 is 5.32 Å². The summed E-state index contributed by atoms with van der Waals surface area (Å²) in [5.41, 5.74) is 2.99. The minimum atomic E-state index is -0.610. The second-order valence-electron chi connectivity index (χ2n) is 6.14. The topological polar surface area (TPSA) is 32.3 Å². The average Bonchev–Trinajstić information content (AvgIpc) is 2.37. The van der Waals surface area contributed by atoms with E-state index in [-0.39, 0.29) is 0 Å². The van der Waals surface area contributed by atoms with Gasteiger partial charge in [-0.1, -0.05) is 36.2 Å². The van der Waals surface area contributed by atoms with Crippen LogP contribution in [0.25, 0.3) is 0 Å². The van der Waals surface area contributed by atoms with Crippen molar-refractivity contribution in [2.45, 2.75) is 64.5 Å². The van der Waals surface area contributed by atoms with Crippen LogP contribution in [0.1, 0.15) is 55.7 Å². The lowest BCUT2D eigenvalue weighted by atomic mass is 9.77. The van der Waals surface area contributed by atoms with Crippen LogP contribution in [0.5, 0.6) is 0 Å². The van der Waals surface area contributed by atoms with Gasteiger partial charge in [0.2, 0.25) is 0 Å². The van der Waals surface area contributed by atoms with Gasteiger partial charge in [-0.25, -0.2) is 0 Å². The third-order valence-corrected chi connectivity index (χ3v) is 4.25. The molecular weight excluding hydrogens is 234 g/mol. The molecule has 0 unspecified atom stereocenters. The third-order valence-electron chi connectivity index (χ3n) is 4.25. The molecule has 19 heavy (non-hydrogen) atoms. The first-order valence-electron chi connectivity index (χ1n) is 7.58. The molecule has 0 heterocycles. The van der Waals surface area contributed by atoms with Crippen LogP contribution in [0.2, 0.25) is 0 Å². The lowest BCUT2D eigenvalue weighted by Gasteiger charge is -2.37. The summed E-state index contributed by atoms with van der Waals surface area (Å²) in [6.45, 7) is 7.50. The molecule has 0 saturated heterocycles. The molecule has 0 bridgehead atoms. The van der Waals surface area contributed by atoms with E-state index in [2.05, 4.69) is 44.3 Å². The van der Waals surface area contributed by atoms with Gasteiger partial charge in [0.25, 0.3) is 0 Å². The van der Waals surface area contributed by atoms with E-state index in [1.165, 1.54) is 17.5 Å². The van der Waals surface area contributed by atoms with Crippen molar-refractivity contribution in [2.24, 2.45) is 0 Å². The van der Waals surface area contributed by atoms with Gasteiger partial charge in [-0.15, -0.1) is 0 Å². The van der Waals surface area contributed by atoms with Gasteiger partial charge in [-0.05, 0) is 58.1 Å². The first kappa shape index (κ1) is 14.5. The van der Waals surface area contributed by atoms with Crippen molar-refractivity contribution in [3.05, 3.63) is 34.9 Å². The molecule has 1 aromatic rings. The molecule has 0 radical (unpaired) electrons. The fourth-order valence-electron chi connectivity index (χ4n) is 3.18. The van der Waals surface area contributed by atoms with Crippen LogP contribution in [0.4, 0.5) is 0 Å². The average molecular weight is 261 g/mol. The van der Waals surface area contributed by atoms with E-state index in [1.807, 2.05) is 0 Å². The second kappa shape index (κ2) is 6.06. The fraction of sp³-hybridized carbons (Fsp3) is 0.647. The Bertz CT molecular complexity index is 399. The molecule has 0 atom stereocenters. The Morgan fingerprint density at radius 1 is 1.16 bits per heavy atom. The molecule has 0 spiro atoms. The van der Waals surface area contributed by atoms with Crippen molar-refractivity contribution in [3.63, 3.8) is 0 Å². The van der Waals surface area contributed by atoms with E-state index >= 15 is 0 Å². The van der Waals surface area contributed by atoms with Gasteiger partial charge < -0.3 is 10.4 Å². The molecule has 1 aliphatic carbocycles. The summed E-state index contributed by atoms with van der Waals surface area (Å²) in [7, 11) is 0. The van der Waals surface area contributed by atoms with E-state index < -0.39 is 5.60 Å². The minimum Gasteiger partial charge on any atom is -0.385 e. The second-order valence-corrected chi connectivity index (χ2v) is 6.14. The van der Waals surface area contributed by atoms with E-state index in [0.29, 0.717) is 6.04 Å². The number of benzene rings is 1. The molecule has 2 rings (SSSR count). The zero-order valence-electron chi connectivity index (χ0n) is 12.5. The molecule has 0 amide bonds. The molecule has 1 aromatic carbocycles. The van der Waals surface area contributed by atoms with Crippen LogP contribution in [-0.2, 0) is 5.60 Å². The highest BCUT2D eigenvalue weighted by Crippen LogP contribution is 2.37. The SMILES string of the molecule is CCCNC1CCC(O)(c2cc(C)cc(C)c2)CC1. The van der Waals surface area contributed by atoms with Gasteiger partial charge in [0.1, 0.15) is 0 Å². The van der Waals surface area contributed by atoms with E-state index in [4.69, 9.17) is 0 Å². The molecule has 0 aliphatic heterocycles. The van der Waals surface area contributed by atoms with Crippen LogP contribution in [-0.4, -0.2) is 17.7 Å². The fourth-order valence-corrected chi connectivity index (χ4v) is 3.18. The third kappa shape index (κ3) is 3.58. The molecule has 2 N–H and O–H groups in total. The van der Waals surface area contributed by atoms with Crippen molar-refractivity contribution in [1.82, 2.24) is 5.32 Å². The summed E-state index contributed by atoms with van der Waals surface area (Å²) >= 11 is 0. The van der Waals surface area contributed by atoms with E-state index in [1.54, 1.807) is 0 Å². The first-order valence-corrected chi connectivity index (χ1v) is 7.58. The predicted octanol–water partition coefficient (Wildman–Crippen LogP) is 3.43. The van der Waals surface area contributed by atoms with Crippen LogP contribution in [0.3, 0.4) is 0 Å². The van der Waals surface area contributed by atoms with Gasteiger partial charge in [-0.2, -0.15) is 0 Å². The lowest BCUT2D eigenvalue weighted by Crippen LogP contribution is -2.40. The van der Waals surface area contributed by atoms with Gasteiger partial charge in [0, 0.05) is 6.04 Å². The number of hydrogen-bond acceptors (Lipinski definition) is 2. The summed E-state index contributed by atoms with van der Waals surface area (Å²) < 4.78 is 0. The Morgan fingerprint density at radius 3 is 2.26 bits per heavy atom. The zero-order valence-corrected chi connectivity index (χ0v) is 12.5. The van der Waals surface area contributed by atoms with Crippen LogP contribution in [0, 0.1) is 13.8 Å². The first-order chi connectivity index (χ1) is 9.03. The predicted molar refractivity (Wildman–Crippen MR) is 80.4 cm³/mol. The maximum Gasteiger partial charge on any atom is 0.0897 e. The summed E-state index contributed by atoms with van der Waals surface area (Å²) in [6.07, 6.45) is 5.07. The number of aliphatic hydroxyl groups is 1. The van der Waals surface area contributed by atoms with Crippen LogP contribution in [0.15, 0.2) is 18.2 Å². The van der Waals surface area contributed by atoms with Gasteiger partial charge >= 0.3 is 0 Å². The van der Waals surface area contributed by atoms with Gasteiger partial charge in [0.15, 0.2) is 0 Å². The normalized spacial score (nSPS) is 27.5.